The van der Waals surface area contributed by atoms with E-state index in [0.717, 1.165) is 24.3 Å². The van der Waals surface area contributed by atoms with Crippen LogP contribution in [-0.2, 0) is 6.54 Å². The predicted octanol–water partition coefficient (Wildman–Crippen LogP) is 2.46. The third kappa shape index (κ3) is 4.75. The Hall–Kier alpha value is -1.47. The Bertz CT molecular complexity index is 536. The van der Waals surface area contributed by atoms with Crippen molar-refractivity contribution in [1.82, 2.24) is 20.5 Å². The SMILES string of the molecule is O=C(NC[C@@H]1C[C@H](F)CN1Cc1nccs1)NC1C=CCCC1. The molecule has 2 heterocycles. The Morgan fingerprint density at radius 1 is 1.52 bits per heavy atom. The maximum atomic E-state index is 13.8. The zero-order chi connectivity index (χ0) is 16.1. The van der Waals surface area contributed by atoms with Gasteiger partial charge in [-0.15, -0.1) is 11.3 Å². The van der Waals surface area contributed by atoms with Gasteiger partial charge in [0.1, 0.15) is 11.2 Å². The summed E-state index contributed by atoms with van der Waals surface area (Å²) >= 11 is 1.58. The van der Waals surface area contributed by atoms with Crippen LogP contribution in [0.5, 0.6) is 0 Å². The summed E-state index contributed by atoms with van der Waals surface area (Å²) in [5.41, 5.74) is 0. The van der Waals surface area contributed by atoms with Gasteiger partial charge in [0.15, 0.2) is 0 Å². The summed E-state index contributed by atoms with van der Waals surface area (Å²) in [6.07, 6.45) is 8.73. The number of allylic oxidation sites excluding steroid dienone is 1. The van der Waals surface area contributed by atoms with Crippen molar-refractivity contribution in [3.8, 4) is 0 Å². The lowest BCUT2D eigenvalue weighted by molar-refractivity contribution is 0.217. The van der Waals surface area contributed by atoms with E-state index in [1.165, 1.54) is 0 Å². The fraction of sp³-hybridized carbons (Fsp3) is 0.625. The number of urea groups is 1. The van der Waals surface area contributed by atoms with Gasteiger partial charge in [-0.05, 0) is 25.7 Å². The number of amides is 2. The number of halogens is 1. The van der Waals surface area contributed by atoms with E-state index in [1.54, 1.807) is 17.5 Å². The minimum Gasteiger partial charge on any atom is -0.337 e. The van der Waals surface area contributed by atoms with Crippen LogP contribution in [0.3, 0.4) is 0 Å². The molecular weight excluding hydrogens is 315 g/mol. The third-order valence-corrected chi connectivity index (χ3v) is 5.13. The molecule has 1 aromatic heterocycles. The lowest BCUT2D eigenvalue weighted by atomic mass is 10.0. The highest BCUT2D eigenvalue weighted by Crippen LogP contribution is 2.23. The lowest BCUT2D eigenvalue weighted by Gasteiger charge is -2.24. The smallest absolute Gasteiger partial charge is 0.315 e. The average molecular weight is 338 g/mol. The number of thiazole rings is 1. The number of rotatable bonds is 5. The highest BCUT2D eigenvalue weighted by Gasteiger charge is 2.32. The first kappa shape index (κ1) is 16.4. The van der Waals surface area contributed by atoms with Gasteiger partial charge in [0.2, 0.25) is 0 Å². The molecule has 0 aromatic carbocycles. The largest absolute Gasteiger partial charge is 0.337 e. The average Bonchev–Trinajstić information content (AvgIpc) is 3.16. The van der Waals surface area contributed by atoms with Crippen LogP contribution in [0, 0.1) is 0 Å². The first-order valence-corrected chi connectivity index (χ1v) is 9.06. The molecule has 3 rings (SSSR count). The number of aromatic nitrogens is 1. The zero-order valence-corrected chi connectivity index (χ0v) is 13.9. The van der Waals surface area contributed by atoms with Crippen LogP contribution >= 0.6 is 11.3 Å². The van der Waals surface area contributed by atoms with Gasteiger partial charge < -0.3 is 10.6 Å². The fourth-order valence-electron chi connectivity index (χ4n) is 3.20. The van der Waals surface area contributed by atoms with E-state index in [-0.39, 0.29) is 18.1 Å². The molecule has 5 nitrogen and oxygen atoms in total. The van der Waals surface area contributed by atoms with Gasteiger partial charge >= 0.3 is 6.03 Å². The second-order valence-corrected chi connectivity index (χ2v) is 7.14. The number of alkyl halides is 1. The van der Waals surface area contributed by atoms with E-state index in [0.29, 0.717) is 26.1 Å². The minimum absolute atomic E-state index is 0.0292. The van der Waals surface area contributed by atoms with Gasteiger partial charge in [-0.3, -0.25) is 4.90 Å². The molecule has 2 aliphatic rings. The van der Waals surface area contributed by atoms with E-state index < -0.39 is 6.17 Å². The van der Waals surface area contributed by atoms with Gasteiger partial charge in [0.05, 0.1) is 6.54 Å². The predicted molar refractivity (Wildman–Crippen MR) is 89.1 cm³/mol. The molecule has 1 fully saturated rings. The Balaban J connectivity index is 1.46. The molecule has 0 saturated carbocycles. The molecule has 2 amide bonds. The van der Waals surface area contributed by atoms with Crippen LogP contribution in [0.15, 0.2) is 23.7 Å². The molecule has 1 aromatic rings. The normalized spacial score (nSPS) is 28.0. The van der Waals surface area contributed by atoms with Crippen molar-refractivity contribution >= 4 is 17.4 Å². The van der Waals surface area contributed by atoms with Crippen molar-refractivity contribution in [3.05, 3.63) is 28.7 Å². The van der Waals surface area contributed by atoms with Gasteiger partial charge in [-0.1, -0.05) is 12.2 Å². The van der Waals surface area contributed by atoms with Gasteiger partial charge in [-0.25, -0.2) is 14.2 Å². The van der Waals surface area contributed by atoms with E-state index in [2.05, 4.69) is 26.6 Å². The number of likely N-dealkylation sites (tertiary alicyclic amines) is 1. The van der Waals surface area contributed by atoms with Crippen molar-refractivity contribution in [2.24, 2.45) is 0 Å². The molecule has 0 radical (unpaired) electrons. The minimum atomic E-state index is -0.828. The van der Waals surface area contributed by atoms with Gasteiger partial charge in [0, 0.05) is 36.8 Å². The number of nitrogens with one attached hydrogen (secondary N) is 2. The van der Waals surface area contributed by atoms with Gasteiger partial charge in [-0.2, -0.15) is 0 Å². The summed E-state index contributed by atoms with van der Waals surface area (Å²) in [4.78, 5) is 18.3. The third-order valence-electron chi connectivity index (χ3n) is 4.37. The van der Waals surface area contributed by atoms with E-state index >= 15 is 0 Å². The fourth-order valence-corrected chi connectivity index (χ4v) is 3.84. The number of hydrogen-bond acceptors (Lipinski definition) is 4. The topological polar surface area (TPSA) is 57.3 Å². The van der Waals surface area contributed by atoms with Crippen LogP contribution < -0.4 is 10.6 Å². The molecule has 126 valence electrons. The quantitative estimate of drug-likeness (QED) is 0.811. The van der Waals surface area contributed by atoms with Crippen molar-refractivity contribution in [1.29, 1.82) is 0 Å². The molecule has 1 aliphatic heterocycles. The highest BCUT2D eigenvalue weighted by molar-refractivity contribution is 7.09. The molecule has 2 N–H and O–H groups in total. The number of nitrogens with zero attached hydrogens (tertiary/aromatic N) is 2. The molecule has 3 atom stereocenters. The summed E-state index contributed by atoms with van der Waals surface area (Å²) < 4.78 is 13.8. The Morgan fingerprint density at radius 3 is 3.17 bits per heavy atom. The van der Waals surface area contributed by atoms with E-state index in [1.807, 2.05) is 11.5 Å². The number of hydrogen-bond donors (Lipinski definition) is 2. The summed E-state index contributed by atoms with van der Waals surface area (Å²) in [7, 11) is 0. The summed E-state index contributed by atoms with van der Waals surface area (Å²) in [5, 5.41) is 8.76. The maximum Gasteiger partial charge on any atom is 0.315 e. The number of carbonyl (C=O) groups excluding carboxylic acids is 1. The zero-order valence-electron chi connectivity index (χ0n) is 13.1. The summed E-state index contributed by atoms with van der Waals surface area (Å²) in [6.45, 7) is 1.53. The molecule has 0 spiro atoms. The van der Waals surface area contributed by atoms with Crippen LogP contribution in [0.1, 0.15) is 30.7 Å². The van der Waals surface area contributed by atoms with Crippen molar-refractivity contribution < 1.29 is 9.18 Å². The summed E-state index contributed by atoms with van der Waals surface area (Å²) in [6, 6.07) is -0.0210. The second kappa shape index (κ2) is 7.88. The van der Waals surface area contributed by atoms with Crippen molar-refractivity contribution in [2.45, 2.75) is 50.5 Å². The maximum absolute atomic E-state index is 13.8. The Morgan fingerprint density at radius 2 is 2.43 bits per heavy atom. The van der Waals surface area contributed by atoms with E-state index in [4.69, 9.17) is 0 Å². The Kier molecular flexibility index (Phi) is 5.61. The first-order chi connectivity index (χ1) is 11.2. The molecular formula is C16H23FN4OS. The molecule has 0 bridgehead atoms. The molecule has 7 heteroatoms. The van der Waals surface area contributed by atoms with Crippen molar-refractivity contribution in [3.63, 3.8) is 0 Å². The molecule has 23 heavy (non-hydrogen) atoms. The lowest BCUT2D eigenvalue weighted by Crippen LogP contribution is -2.46. The number of carbonyl (C=O) groups is 1. The van der Waals surface area contributed by atoms with E-state index in [9.17, 15) is 9.18 Å². The van der Waals surface area contributed by atoms with Crippen LogP contribution in [0.4, 0.5) is 9.18 Å². The van der Waals surface area contributed by atoms with Crippen LogP contribution in [0.25, 0.3) is 0 Å². The highest BCUT2D eigenvalue weighted by atomic mass is 32.1. The first-order valence-electron chi connectivity index (χ1n) is 8.18. The monoisotopic (exact) mass is 338 g/mol. The molecule has 1 unspecified atom stereocenters. The molecule has 1 saturated heterocycles. The molecule has 1 aliphatic carbocycles. The van der Waals surface area contributed by atoms with Gasteiger partial charge in [0.25, 0.3) is 0 Å². The van der Waals surface area contributed by atoms with Crippen molar-refractivity contribution in [2.75, 3.05) is 13.1 Å². The Labute approximate surface area is 140 Å². The summed E-state index contributed by atoms with van der Waals surface area (Å²) in [5.74, 6) is 0. The standard InChI is InChI=1S/C16H23FN4OS/c17-12-8-14(21(10-12)11-15-18-6-7-23-15)9-19-16(22)20-13-4-2-1-3-5-13/h2,4,6-7,12-14H,1,3,5,8-11H2,(H2,19,20,22)/t12-,13?,14-/m0/s1. The van der Waals surface area contributed by atoms with Crippen LogP contribution in [0.2, 0.25) is 0 Å². The van der Waals surface area contributed by atoms with Crippen LogP contribution in [-0.4, -0.2) is 47.3 Å². The second-order valence-electron chi connectivity index (χ2n) is 6.16.